The SMILES string of the molecule is CC(C)(C)c1cc(C(C)(C)C)cc([P+]([CH-]Cl)(C2CCCCC2)C2CCCCC2)c1. The number of hydrogen-bond donors (Lipinski definition) is 0. The molecule has 0 bridgehead atoms. The predicted octanol–water partition coefficient (Wildman–Crippen LogP) is 8.95. The van der Waals surface area contributed by atoms with Gasteiger partial charge in [-0.3, -0.25) is 0 Å². The minimum Gasteiger partial charge on any atom is -0.304 e. The molecule has 0 amide bonds. The molecule has 0 spiro atoms. The van der Waals surface area contributed by atoms with Crippen molar-refractivity contribution in [3.8, 4) is 0 Å². The van der Waals surface area contributed by atoms with Crippen LogP contribution in [0.1, 0.15) is 117 Å². The summed E-state index contributed by atoms with van der Waals surface area (Å²) < 4.78 is 0. The molecule has 0 N–H and O–H groups in total. The molecule has 2 fully saturated rings. The molecular weight excluding hydrogens is 391 g/mol. The number of hydrogen-bond acceptors (Lipinski definition) is 0. The molecule has 0 radical (unpaired) electrons. The fourth-order valence-corrected chi connectivity index (χ4v) is 12.0. The van der Waals surface area contributed by atoms with Crippen molar-refractivity contribution in [1.29, 1.82) is 0 Å². The van der Waals surface area contributed by atoms with E-state index in [0.717, 1.165) is 11.3 Å². The molecule has 0 saturated heterocycles. The lowest BCUT2D eigenvalue weighted by Crippen LogP contribution is -2.35. The minimum absolute atomic E-state index is 0.164. The van der Waals surface area contributed by atoms with E-state index in [4.69, 9.17) is 11.6 Å². The summed E-state index contributed by atoms with van der Waals surface area (Å²) in [6.45, 7) is 14.2. The molecule has 1 aromatic rings. The normalized spacial score (nSPS) is 20.8. The van der Waals surface area contributed by atoms with E-state index in [1.165, 1.54) is 75.3 Å². The standard InChI is InChI=1S/C27H44ClP/c1-26(2,3)21-17-22(27(4,5)6)19-25(18-21)29(20-28,23-13-9-7-10-14-23)24-15-11-8-12-16-24/h17-20,23-24H,7-16H2,1-6H3. The van der Waals surface area contributed by atoms with Gasteiger partial charge in [0.2, 0.25) is 0 Å². The molecule has 2 aliphatic carbocycles. The third-order valence-electron chi connectivity index (χ3n) is 7.62. The Morgan fingerprint density at radius 2 is 1.07 bits per heavy atom. The molecule has 0 atom stereocenters. The van der Waals surface area contributed by atoms with Crippen molar-refractivity contribution in [3.05, 3.63) is 34.9 Å². The molecule has 2 aliphatic rings. The molecule has 0 heterocycles. The quantitative estimate of drug-likeness (QED) is 0.327. The maximum Gasteiger partial charge on any atom is 0.0670 e. The van der Waals surface area contributed by atoms with E-state index < -0.39 is 7.26 Å². The van der Waals surface area contributed by atoms with Crippen molar-refractivity contribution in [2.75, 3.05) is 0 Å². The smallest absolute Gasteiger partial charge is 0.0670 e. The summed E-state index contributed by atoms with van der Waals surface area (Å²) in [5.74, 6) is 0. The zero-order valence-corrected chi connectivity index (χ0v) is 21.5. The van der Waals surface area contributed by atoms with Crippen molar-refractivity contribution in [2.45, 2.75) is 128 Å². The molecule has 29 heavy (non-hydrogen) atoms. The molecule has 0 aromatic heterocycles. The van der Waals surface area contributed by atoms with Crippen LogP contribution in [-0.4, -0.2) is 11.3 Å². The van der Waals surface area contributed by atoms with E-state index >= 15 is 0 Å². The van der Waals surface area contributed by atoms with E-state index in [-0.39, 0.29) is 10.8 Å². The first kappa shape index (κ1) is 23.6. The Hall–Kier alpha value is -0.0600. The maximum absolute atomic E-state index is 6.98. The van der Waals surface area contributed by atoms with Crippen LogP contribution in [-0.2, 0) is 10.8 Å². The van der Waals surface area contributed by atoms with Crippen molar-refractivity contribution in [1.82, 2.24) is 0 Å². The van der Waals surface area contributed by atoms with Crippen LogP contribution in [0.4, 0.5) is 0 Å². The minimum atomic E-state index is -1.53. The van der Waals surface area contributed by atoms with Crippen molar-refractivity contribution in [3.63, 3.8) is 0 Å². The highest BCUT2D eigenvalue weighted by Crippen LogP contribution is 2.74. The Balaban J connectivity index is 2.20. The Bertz CT molecular complexity index is 617. The lowest BCUT2D eigenvalue weighted by molar-refractivity contribution is 0.482. The first-order chi connectivity index (χ1) is 13.6. The van der Waals surface area contributed by atoms with E-state index in [1.807, 2.05) is 0 Å². The van der Waals surface area contributed by atoms with Crippen LogP contribution in [0.3, 0.4) is 0 Å². The summed E-state index contributed by atoms with van der Waals surface area (Å²) in [4.78, 5) is 0. The highest BCUT2D eigenvalue weighted by molar-refractivity contribution is 7.87. The van der Waals surface area contributed by atoms with Gasteiger partial charge in [0.1, 0.15) is 0 Å². The monoisotopic (exact) mass is 434 g/mol. The second-order valence-corrected chi connectivity index (χ2v) is 16.2. The molecular formula is C27H44ClP. The van der Waals surface area contributed by atoms with E-state index in [1.54, 1.807) is 5.30 Å². The number of halogens is 1. The summed E-state index contributed by atoms with van der Waals surface area (Å²) in [6, 6.07) is 7.66. The zero-order valence-electron chi connectivity index (χ0n) is 19.9. The maximum atomic E-state index is 6.98. The lowest BCUT2D eigenvalue weighted by atomic mass is 9.81. The van der Waals surface area contributed by atoms with Gasteiger partial charge in [0, 0.05) is 11.3 Å². The van der Waals surface area contributed by atoms with Crippen LogP contribution in [0.2, 0.25) is 0 Å². The van der Waals surface area contributed by atoms with Crippen molar-refractivity contribution >= 4 is 24.2 Å². The molecule has 0 unspecified atom stereocenters. The summed E-state index contributed by atoms with van der Waals surface area (Å²) in [6.07, 6.45) is 14.0. The van der Waals surface area contributed by atoms with Gasteiger partial charge >= 0.3 is 0 Å². The fraction of sp³-hybridized carbons (Fsp3) is 0.741. The highest BCUT2D eigenvalue weighted by atomic mass is 35.5. The van der Waals surface area contributed by atoms with Crippen LogP contribution in [0.15, 0.2) is 18.2 Å². The van der Waals surface area contributed by atoms with Gasteiger partial charge in [-0.05, 0) is 85.5 Å². The number of benzene rings is 1. The van der Waals surface area contributed by atoms with Gasteiger partial charge in [-0.15, -0.1) is 0 Å². The van der Waals surface area contributed by atoms with Crippen LogP contribution in [0.25, 0.3) is 0 Å². The largest absolute Gasteiger partial charge is 0.304 e. The Labute approximate surface area is 186 Å². The van der Waals surface area contributed by atoms with Crippen molar-refractivity contribution < 1.29 is 0 Å². The molecule has 3 rings (SSSR count). The third-order valence-corrected chi connectivity index (χ3v) is 13.5. The van der Waals surface area contributed by atoms with E-state index in [2.05, 4.69) is 65.4 Å². The van der Waals surface area contributed by atoms with Gasteiger partial charge in [0.15, 0.2) is 0 Å². The highest BCUT2D eigenvalue weighted by Gasteiger charge is 2.47. The number of rotatable bonds is 4. The first-order valence-electron chi connectivity index (χ1n) is 12.1. The van der Waals surface area contributed by atoms with Gasteiger partial charge in [-0.1, -0.05) is 73.3 Å². The second kappa shape index (κ2) is 9.20. The van der Waals surface area contributed by atoms with Crippen molar-refractivity contribution in [2.24, 2.45) is 0 Å². The molecule has 164 valence electrons. The fourth-order valence-electron chi connectivity index (χ4n) is 5.65. The topological polar surface area (TPSA) is 0 Å². The third kappa shape index (κ3) is 5.06. The molecule has 0 aliphatic heterocycles. The summed E-state index contributed by atoms with van der Waals surface area (Å²) >= 11 is 6.98. The molecule has 2 saturated carbocycles. The van der Waals surface area contributed by atoms with Crippen LogP contribution in [0, 0.1) is 5.62 Å². The van der Waals surface area contributed by atoms with Gasteiger partial charge in [0.05, 0.1) is 5.30 Å². The molecule has 0 nitrogen and oxygen atoms in total. The summed E-state index contributed by atoms with van der Waals surface area (Å²) in [7, 11) is -1.53. The summed E-state index contributed by atoms with van der Waals surface area (Å²) in [5.41, 5.74) is 7.19. The first-order valence-corrected chi connectivity index (χ1v) is 14.5. The van der Waals surface area contributed by atoms with Crippen LogP contribution in [0.5, 0.6) is 0 Å². The van der Waals surface area contributed by atoms with E-state index in [0.29, 0.717) is 0 Å². The van der Waals surface area contributed by atoms with Gasteiger partial charge < -0.3 is 11.6 Å². The zero-order chi connectivity index (χ0) is 21.3. The van der Waals surface area contributed by atoms with Gasteiger partial charge in [-0.2, -0.15) is 0 Å². The van der Waals surface area contributed by atoms with Gasteiger partial charge in [-0.25, -0.2) is 0 Å². The predicted molar refractivity (Wildman–Crippen MR) is 134 cm³/mol. The lowest BCUT2D eigenvalue weighted by Gasteiger charge is -2.49. The average Bonchev–Trinajstić information content (AvgIpc) is 2.69. The van der Waals surface area contributed by atoms with E-state index in [9.17, 15) is 0 Å². The average molecular weight is 435 g/mol. The van der Waals surface area contributed by atoms with Crippen LogP contribution >= 0.6 is 18.9 Å². The second-order valence-electron chi connectivity index (χ2n) is 11.8. The summed E-state index contributed by atoms with van der Waals surface area (Å²) in [5, 5.41) is 1.63. The van der Waals surface area contributed by atoms with Crippen LogP contribution < -0.4 is 5.30 Å². The van der Waals surface area contributed by atoms with Gasteiger partial charge in [0.25, 0.3) is 0 Å². The molecule has 1 aromatic carbocycles. The Kier molecular flexibility index (Phi) is 7.49. The Morgan fingerprint density at radius 3 is 1.38 bits per heavy atom. The molecule has 2 heteroatoms. The Morgan fingerprint density at radius 1 is 0.690 bits per heavy atom.